The normalized spacial score (nSPS) is 17.9. The third kappa shape index (κ3) is 9.02. The number of guanidine groups is 1. The molecule has 3 rings (SSSR count). The van der Waals surface area contributed by atoms with E-state index in [4.69, 9.17) is 14.2 Å². The highest BCUT2D eigenvalue weighted by Gasteiger charge is 2.20. The van der Waals surface area contributed by atoms with Crippen LogP contribution in [-0.4, -0.2) is 77.1 Å². The average molecular weight is 405 g/mol. The summed E-state index contributed by atoms with van der Waals surface area (Å²) in [7, 11) is 1.80. The van der Waals surface area contributed by atoms with Crippen LogP contribution in [0.25, 0.3) is 0 Å². The highest BCUT2D eigenvalue weighted by atomic mass is 16.5. The molecule has 0 radical (unpaired) electrons. The molecule has 0 spiro atoms. The van der Waals surface area contributed by atoms with E-state index in [2.05, 4.69) is 32.7 Å². The summed E-state index contributed by atoms with van der Waals surface area (Å²) >= 11 is 0. The van der Waals surface area contributed by atoms with Crippen molar-refractivity contribution in [2.75, 3.05) is 66.3 Å². The lowest BCUT2D eigenvalue weighted by molar-refractivity contribution is 0.0322. The maximum absolute atomic E-state index is 5.94. The molecule has 1 heterocycles. The second-order valence-corrected chi connectivity index (χ2v) is 7.67. The Morgan fingerprint density at radius 3 is 2.86 bits per heavy atom. The van der Waals surface area contributed by atoms with Crippen LogP contribution < -0.4 is 15.4 Å². The number of nitrogens with one attached hydrogen (secondary N) is 2. The van der Waals surface area contributed by atoms with Gasteiger partial charge in [0.25, 0.3) is 0 Å². The van der Waals surface area contributed by atoms with Gasteiger partial charge in [-0.05, 0) is 42.9 Å². The van der Waals surface area contributed by atoms with Gasteiger partial charge in [0, 0.05) is 53.0 Å². The van der Waals surface area contributed by atoms with Crippen molar-refractivity contribution in [1.29, 1.82) is 0 Å². The van der Waals surface area contributed by atoms with Crippen molar-refractivity contribution in [3.63, 3.8) is 0 Å². The second kappa shape index (κ2) is 12.7. The first-order valence-electron chi connectivity index (χ1n) is 10.9. The van der Waals surface area contributed by atoms with Crippen LogP contribution in [0.1, 0.15) is 24.8 Å². The summed E-state index contributed by atoms with van der Waals surface area (Å²) in [6.45, 7) is 8.57. The van der Waals surface area contributed by atoms with E-state index in [9.17, 15) is 0 Å². The van der Waals surface area contributed by atoms with Gasteiger partial charge >= 0.3 is 0 Å². The maximum atomic E-state index is 5.94. The van der Waals surface area contributed by atoms with Crippen LogP contribution >= 0.6 is 0 Å². The molecule has 0 atom stereocenters. The highest BCUT2D eigenvalue weighted by Crippen LogP contribution is 2.28. The van der Waals surface area contributed by atoms with Gasteiger partial charge in [-0.1, -0.05) is 12.1 Å². The summed E-state index contributed by atoms with van der Waals surface area (Å²) in [6.07, 6.45) is 3.67. The maximum Gasteiger partial charge on any atom is 0.191 e. The molecule has 2 N–H and O–H groups in total. The number of nitrogens with zero attached hydrogens (tertiary/aromatic N) is 2. The Balaban J connectivity index is 1.29. The molecule has 0 amide bonds. The molecule has 7 heteroatoms. The molecule has 7 nitrogen and oxygen atoms in total. The highest BCUT2D eigenvalue weighted by molar-refractivity contribution is 5.79. The minimum Gasteiger partial charge on any atom is -0.492 e. The van der Waals surface area contributed by atoms with Crippen molar-refractivity contribution in [3.8, 4) is 5.75 Å². The van der Waals surface area contributed by atoms with Crippen molar-refractivity contribution in [3.05, 3.63) is 29.8 Å². The van der Waals surface area contributed by atoms with E-state index in [1.54, 1.807) is 7.05 Å². The topological polar surface area (TPSA) is 67.4 Å². The van der Waals surface area contributed by atoms with Gasteiger partial charge < -0.3 is 24.8 Å². The van der Waals surface area contributed by atoms with E-state index >= 15 is 0 Å². The van der Waals surface area contributed by atoms with Crippen LogP contribution in [-0.2, 0) is 16.0 Å². The first-order chi connectivity index (χ1) is 14.3. The molecule has 1 aliphatic carbocycles. The van der Waals surface area contributed by atoms with Gasteiger partial charge in [0.15, 0.2) is 5.96 Å². The number of ether oxygens (including phenoxy) is 3. The Morgan fingerprint density at radius 1 is 1.21 bits per heavy atom. The predicted molar refractivity (Wildman–Crippen MR) is 116 cm³/mol. The van der Waals surface area contributed by atoms with Crippen LogP contribution in [0.3, 0.4) is 0 Å². The molecular weight excluding hydrogens is 368 g/mol. The number of hydrogen-bond acceptors (Lipinski definition) is 5. The van der Waals surface area contributed by atoms with Crippen LogP contribution in [0.5, 0.6) is 5.75 Å². The molecule has 1 saturated heterocycles. The molecule has 2 fully saturated rings. The SMILES string of the molecule is CN=C(NCCCOCC1CC1)NCc1cccc(OCCN2CCOCC2)c1. The molecule has 1 aromatic rings. The molecule has 162 valence electrons. The fourth-order valence-electron chi connectivity index (χ4n) is 3.18. The van der Waals surface area contributed by atoms with Crippen LogP contribution in [0, 0.1) is 5.92 Å². The molecule has 1 aromatic carbocycles. The Labute approximate surface area is 174 Å². The van der Waals surface area contributed by atoms with Gasteiger partial charge in [0.1, 0.15) is 12.4 Å². The van der Waals surface area contributed by atoms with Crippen LogP contribution in [0.4, 0.5) is 0 Å². The largest absolute Gasteiger partial charge is 0.492 e. The van der Waals surface area contributed by atoms with Gasteiger partial charge in [-0.15, -0.1) is 0 Å². The van der Waals surface area contributed by atoms with E-state index in [0.29, 0.717) is 13.2 Å². The molecular formula is C22H36N4O3. The second-order valence-electron chi connectivity index (χ2n) is 7.67. The number of hydrogen-bond donors (Lipinski definition) is 2. The average Bonchev–Trinajstić information content (AvgIpc) is 3.58. The summed E-state index contributed by atoms with van der Waals surface area (Å²) in [5.74, 6) is 2.55. The summed E-state index contributed by atoms with van der Waals surface area (Å²) in [4.78, 5) is 6.67. The van der Waals surface area contributed by atoms with E-state index in [0.717, 1.165) is 76.7 Å². The van der Waals surface area contributed by atoms with Crippen LogP contribution in [0.2, 0.25) is 0 Å². The van der Waals surface area contributed by atoms with E-state index < -0.39 is 0 Å². The molecule has 0 aromatic heterocycles. The van der Waals surface area contributed by atoms with Crippen LogP contribution in [0.15, 0.2) is 29.3 Å². The lowest BCUT2D eigenvalue weighted by Crippen LogP contribution is -2.38. The van der Waals surface area contributed by atoms with Gasteiger partial charge in [-0.25, -0.2) is 0 Å². The van der Waals surface area contributed by atoms with Gasteiger partial charge in [-0.3, -0.25) is 9.89 Å². The Bertz CT molecular complexity index is 616. The molecule has 29 heavy (non-hydrogen) atoms. The van der Waals surface area contributed by atoms with Crippen molar-refractivity contribution in [2.45, 2.75) is 25.8 Å². The third-order valence-electron chi connectivity index (χ3n) is 5.17. The van der Waals surface area contributed by atoms with Gasteiger partial charge in [0.05, 0.1) is 13.2 Å². The molecule has 1 aliphatic heterocycles. The molecule has 0 bridgehead atoms. The van der Waals surface area contributed by atoms with Crippen molar-refractivity contribution >= 4 is 5.96 Å². The first-order valence-corrected chi connectivity index (χ1v) is 10.9. The summed E-state index contributed by atoms with van der Waals surface area (Å²) in [6, 6.07) is 8.23. The number of aliphatic imine (C=N–C) groups is 1. The van der Waals surface area contributed by atoms with Crippen molar-refractivity contribution in [1.82, 2.24) is 15.5 Å². The van der Waals surface area contributed by atoms with E-state index in [-0.39, 0.29) is 0 Å². The summed E-state index contributed by atoms with van der Waals surface area (Å²) in [5.41, 5.74) is 1.17. The van der Waals surface area contributed by atoms with Crippen molar-refractivity contribution in [2.24, 2.45) is 10.9 Å². The fourth-order valence-corrected chi connectivity index (χ4v) is 3.18. The lowest BCUT2D eigenvalue weighted by Gasteiger charge is -2.26. The zero-order chi connectivity index (χ0) is 20.2. The zero-order valence-corrected chi connectivity index (χ0v) is 17.7. The minimum atomic E-state index is 0.697. The quantitative estimate of drug-likeness (QED) is 0.315. The first kappa shape index (κ1) is 21.9. The summed E-state index contributed by atoms with van der Waals surface area (Å²) in [5, 5.41) is 6.70. The van der Waals surface area contributed by atoms with E-state index in [1.165, 1.54) is 18.4 Å². The standard InChI is InChI=1S/C22H36N4O3/c1-23-22(24-8-3-12-28-18-19-6-7-19)25-17-20-4-2-5-21(16-20)29-15-11-26-9-13-27-14-10-26/h2,4-5,16,19H,3,6-15,17-18H2,1H3,(H2,23,24,25). The number of morpholine rings is 1. The molecule has 1 saturated carbocycles. The van der Waals surface area contributed by atoms with Gasteiger partial charge in [0.2, 0.25) is 0 Å². The Morgan fingerprint density at radius 2 is 2.07 bits per heavy atom. The molecule has 2 aliphatic rings. The number of benzene rings is 1. The predicted octanol–water partition coefficient (Wildman–Crippen LogP) is 1.88. The smallest absolute Gasteiger partial charge is 0.191 e. The number of rotatable bonds is 12. The monoisotopic (exact) mass is 404 g/mol. The fraction of sp³-hybridized carbons (Fsp3) is 0.682. The lowest BCUT2D eigenvalue weighted by atomic mass is 10.2. The molecule has 0 unspecified atom stereocenters. The Hall–Kier alpha value is -1.83. The minimum absolute atomic E-state index is 0.697. The van der Waals surface area contributed by atoms with E-state index in [1.807, 2.05) is 12.1 Å². The third-order valence-corrected chi connectivity index (χ3v) is 5.17. The van der Waals surface area contributed by atoms with Gasteiger partial charge in [-0.2, -0.15) is 0 Å². The summed E-state index contributed by atoms with van der Waals surface area (Å²) < 4.78 is 17.0. The Kier molecular flexibility index (Phi) is 9.56. The zero-order valence-electron chi connectivity index (χ0n) is 17.7. The van der Waals surface area contributed by atoms with Crippen molar-refractivity contribution < 1.29 is 14.2 Å².